The molecule has 1 aromatic rings. The summed E-state index contributed by atoms with van der Waals surface area (Å²) in [7, 11) is 1.57. The monoisotopic (exact) mass is 239 g/mol. The van der Waals surface area contributed by atoms with Crippen molar-refractivity contribution in [3.63, 3.8) is 0 Å². The molecule has 1 aromatic carbocycles. The molecule has 1 rings (SSSR count). The predicted molar refractivity (Wildman–Crippen MR) is 63.2 cm³/mol. The quantitative estimate of drug-likeness (QED) is 0.761. The molecule has 1 atom stereocenters. The summed E-state index contributed by atoms with van der Waals surface area (Å²) in [5, 5.41) is 12.0. The summed E-state index contributed by atoms with van der Waals surface area (Å²) in [6, 6.07) is 7.10. The van der Waals surface area contributed by atoms with Crippen molar-refractivity contribution < 1.29 is 19.4 Å². The molecule has 17 heavy (non-hydrogen) atoms. The van der Waals surface area contributed by atoms with Gasteiger partial charge in [-0.1, -0.05) is 6.07 Å². The molecule has 1 amide bonds. The van der Waals surface area contributed by atoms with E-state index in [2.05, 4.69) is 5.32 Å². The number of carbonyl (C=O) groups is 1. The molecule has 2 N–H and O–H groups in total. The van der Waals surface area contributed by atoms with Crippen LogP contribution < -0.4 is 14.8 Å². The molecule has 1 unspecified atom stereocenters. The number of aliphatic hydroxyl groups is 1. The van der Waals surface area contributed by atoms with Gasteiger partial charge in [0.1, 0.15) is 24.2 Å². The summed E-state index contributed by atoms with van der Waals surface area (Å²) in [6.07, 6.45) is -0.731. The van der Waals surface area contributed by atoms with Crippen molar-refractivity contribution in [3.8, 4) is 11.5 Å². The Hall–Kier alpha value is -1.75. The van der Waals surface area contributed by atoms with E-state index in [1.165, 1.54) is 6.92 Å². The molecule has 0 aliphatic heterocycles. The second-order valence-electron chi connectivity index (χ2n) is 3.58. The topological polar surface area (TPSA) is 67.8 Å². The van der Waals surface area contributed by atoms with Crippen LogP contribution in [0.25, 0.3) is 0 Å². The Balaban J connectivity index is 2.36. The van der Waals surface area contributed by atoms with Crippen LogP contribution in [0.3, 0.4) is 0 Å². The van der Waals surface area contributed by atoms with Gasteiger partial charge in [-0.15, -0.1) is 0 Å². The van der Waals surface area contributed by atoms with E-state index >= 15 is 0 Å². The molecule has 0 aliphatic carbocycles. The Morgan fingerprint density at radius 2 is 2.18 bits per heavy atom. The van der Waals surface area contributed by atoms with Gasteiger partial charge in [0.05, 0.1) is 7.11 Å². The maximum atomic E-state index is 10.6. The number of nitrogens with one attached hydrogen (secondary N) is 1. The highest BCUT2D eigenvalue weighted by molar-refractivity contribution is 5.72. The van der Waals surface area contributed by atoms with Crippen LogP contribution in [0.4, 0.5) is 0 Å². The molecular weight excluding hydrogens is 222 g/mol. The molecule has 0 fully saturated rings. The van der Waals surface area contributed by atoms with Crippen molar-refractivity contribution in [2.45, 2.75) is 13.0 Å². The standard InChI is InChI=1S/C12H17NO4/c1-9(14)13-7-10(15)8-17-12-5-3-4-11(6-12)16-2/h3-6,10,15H,7-8H2,1-2H3,(H,13,14). The van der Waals surface area contributed by atoms with Crippen LogP contribution in [-0.4, -0.2) is 37.4 Å². The minimum atomic E-state index is -0.731. The molecule has 0 saturated carbocycles. The van der Waals surface area contributed by atoms with E-state index in [4.69, 9.17) is 9.47 Å². The zero-order valence-electron chi connectivity index (χ0n) is 9.97. The van der Waals surface area contributed by atoms with Crippen LogP contribution in [-0.2, 0) is 4.79 Å². The number of rotatable bonds is 6. The Kier molecular flexibility index (Phi) is 5.29. The molecule has 0 heterocycles. The van der Waals surface area contributed by atoms with Crippen LogP contribution in [0.1, 0.15) is 6.92 Å². The molecule has 94 valence electrons. The molecule has 0 aromatic heterocycles. The zero-order valence-corrected chi connectivity index (χ0v) is 9.97. The van der Waals surface area contributed by atoms with E-state index in [1.54, 1.807) is 31.4 Å². The van der Waals surface area contributed by atoms with E-state index in [0.717, 1.165) is 0 Å². The zero-order chi connectivity index (χ0) is 12.7. The summed E-state index contributed by atoms with van der Waals surface area (Å²) < 4.78 is 10.4. The molecule has 0 aliphatic rings. The molecule has 0 saturated heterocycles. The lowest BCUT2D eigenvalue weighted by atomic mass is 10.3. The summed E-state index contributed by atoms with van der Waals surface area (Å²) in [5.41, 5.74) is 0. The van der Waals surface area contributed by atoms with Gasteiger partial charge in [0.15, 0.2) is 0 Å². The maximum Gasteiger partial charge on any atom is 0.216 e. The lowest BCUT2D eigenvalue weighted by molar-refractivity contribution is -0.119. The van der Waals surface area contributed by atoms with E-state index in [1.807, 2.05) is 0 Å². The normalized spacial score (nSPS) is 11.7. The van der Waals surface area contributed by atoms with E-state index in [9.17, 15) is 9.90 Å². The first-order valence-corrected chi connectivity index (χ1v) is 5.31. The fourth-order valence-electron chi connectivity index (χ4n) is 1.20. The average Bonchev–Trinajstić information content (AvgIpc) is 2.34. The van der Waals surface area contributed by atoms with E-state index in [-0.39, 0.29) is 19.1 Å². The highest BCUT2D eigenvalue weighted by atomic mass is 16.5. The predicted octanol–water partition coefficient (Wildman–Crippen LogP) is 0.571. The number of hydrogen-bond donors (Lipinski definition) is 2. The van der Waals surface area contributed by atoms with Gasteiger partial charge in [0.25, 0.3) is 0 Å². The largest absolute Gasteiger partial charge is 0.497 e. The van der Waals surface area contributed by atoms with Crippen molar-refractivity contribution >= 4 is 5.91 Å². The second kappa shape index (κ2) is 6.75. The van der Waals surface area contributed by atoms with Crippen LogP contribution >= 0.6 is 0 Å². The molecular formula is C12H17NO4. The SMILES string of the molecule is COc1cccc(OCC(O)CNC(C)=O)c1. The van der Waals surface area contributed by atoms with E-state index < -0.39 is 6.10 Å². The Labute approximate surface area is 100 Å². The van der Waals surface area contributed by atoms with Gasteiger partial charge in [-0.2, -0.15) is 0 Å². The Bertz CT molecular complexity index is 367. The lowest BCUT2D eigenvalue weighted by Crippen LogP contribution is -2.33. The first-order chi connectivity index (χ1) is 8.11. The molecule has 0 bridgehead atoms. The van der Waals surface area contributed by atoms with Gasteiger partial charge in [-0.25, -0.2) is 0 Å². The summed E-state index contributed by atoms with van der Waals surface area (Å²) in [5.74, 6) is 1.13. The fraction of sp³-hybridized carbons (Fsp3) is 0.417. The number of methoxy groups -OCH3 is 1. The van der Waals surface area contributed by atoms with Gasteiger partial charge in [-0.3, -0.25) is 4.79 Å². The van der Waals surface area contributed by atoms with Gasteiger partial charge in [0.2, 0.25) is 5.91 Å². The number of aliphatic hydroxyl groups excluding tert-OH is 1. The van der Waals surface area contributed by atoms with Crippen molar-refractivity contribution in [2.24, 2.45) is 0 Å². The first kappa shape index (κ1) is 13.3. The third-order valence-electron chi connectivity index (χ3n) is 2.07. The Morgan fingerprint density at radius 3 is 2.82 bits per heavy atom. The van der Waals surface area contributed by atoms with Crippen molar-refractivity contribution in [2.75, 3.05) is 20.3 Å². The highest BCUT2D eigenvalue weighted by Gasteiger charge is 2.06. The summed E-state index contributed by atoms with van der Waals surface area (Å²) >= 11 is 0. The minimum absolute atomic E-state index is 0.118. The summed E-state index contributed by atoms with van der Waals surface area (Å²) in [6.45, 7) is 1.70. The molecule has 0 radical (unpaired) electrons. The number of amides is 1. The molecule has 5 heteroatoms. The molecule has 0 spiro atoms. The van der Waals surface area contributed by atoms with Gasteiger partial charge in [-0.05, 0) is 12.1 Å². The van der Waals surface area contributed by atoms with Gasteiger partial charge < -0.3 is 19.9 Å². The van der Waals surface area contributed by atoms with E-state index in [0.29, 0.717) is 11.5 Å². The number of hydrogen-bond acceptors (Lipinski definition) is 4. The highest BCUT2D eigenvalue weighted by Crippen LogP contribution is 2.18. The summed E-state index contributed by atoms with van der Waals surface area (Å²) in [4.78, 5) is 10.6. The third kappa shape index (κ3) is 5.21. The lowest BCUT2D eigenvalue weighted by Gasteiger charge is -2.13. The molecule has 5 nitrogen and oxygen atoms in total. The van der Waals surface area contributed by atoms with Gasteiger partial charge in [0, 0.05) is 19.5 Å². The fourth-order valence-corrected chi connectivity index (χ4v) is 1.20. The minimum Gasteiger partial charge on any atom is -0.497 e. The number of benzene rings is 1. The van der Waals surface area contributed by atoms with Crippen molar-refractivity contribution in [1.82, 2.24) is 5.32 Å². The van der Waals surface area contributed by atoms with Crippen LogP contribution in [0.2, 0.25) is 0 Å². The van der Waals surface area contributed by atoms with Crippen molar-refractivity contribution in [3.05, 3.63) is 24.3 Å². The average molecular weight is 239 g/mol. The van der Waals surface area contributed by atoms with Crippen LogP contribution in [0.5, 0.6) is 11.5 Å². The number of ether oxygens (including phenoxy) is 2. The first-order valence-electron chi connectivity index (χ1n) is 5.31. The Morgan fingerprint density at radius 1 is 1.47 bits per heavy atom. The smallest absolute Gasteiger partial charge is 0.216 e. The van der Waals surface area contributed by atoms with Crippen LogP contribution in [0, 0.1) is 0 Å². The van der Waals surface area contributed by atoms with Crippen LogP contribution in [0.15, 0.2) is 24.3 Å². The third-order valence-corrected chi connectivity index (χ3v) is 2.07. The number of carbonyl (C=O) groups excluding carboxylic acids is 1. The second-order valence-corrected chi connectivity index (χ2v) is 3.58. The van der Waals surface area contributed by atoms with Crippen molar-refractivity contribution in [1.29, 1.82) is 0 Å². The maximum absolute atomic E-state index is 10.6. The van der Waals surface area contributed by atoms with Gasteiger partial charge >= 0.3 is 0 Å².